The molecule has 1 aliphatic heterocycles. The van der Waals surface area contributed by atoms with Crippen LogP contribution in [-0.4, -0.2) is 29.2 Å². The van der Waals surface area contributed by atoms with Crippen LogP contribution >= 0.6 is 27.3 Å². The van der Waals surface area contributed by atoms with Crippen LogP contribution in [0.4, 0.5) is 0 Å². The maximum atomic E-state index is 11.8. The van der Waals surface area contributed by atoms with E-state index >= 15 is 0 Å². The summed E-state index contributed by atoms with van der Waals surface area (Å²) in [6, 6.07) is 1.92. The van der Waals surface area contributed by atoms with Crippen molar-refractivity contribution in [2.75, 3.05) is 0 Å². The molecule has 0 saturated carbocycles. The summed E-state index contributed by atoms with van der Waals surface area (Å²) >= 11 is 4.92. The van der Waals surface area contributed by atoms with E-state index < -0.39 is 18.2 Å². The molecule has 2 N–H and O–H groups in total. The Hall–Kier alpha value is -0.920. The molecule has 0 radical (unpaired) electrons. The molecule has 2 atom stereocenters. The first kappa shape index (κ1) is 13.5. The van der Waals surface area contributed by atoms with Gasteiger partial charge >= 0.3 is 5.97 Å². The number of carbonyl (C=O) groups is 2. The lowest BCUT2D eigenvalue weighted by Crippen LogP contribution is -2.35. The normalized spacial score (nSPS) is 22.9. The lowest BCUT2D eigenvalue weighted by Gasteiger charge is -2.11. The van der Waals surface area contributed by atoms with Crippen molar-refractivity contribution in [2.45, 2.75) is 31.6 Å². The van der Waals surface area contributed by atoms with Crippen LogP contribution in [0.25, 0.3) is 0 Å². The van der Waals surface area contributed by atoms with Gasteiger partial charge < -0.3 is 15.2 Å². The minimum atomic E-state index is -1.01. The van der Waals surface area contributed by atoms with Crippen LogP contribution in [0, 0.1) is 0 Å². The number of carbonyl (C=O) groups excluding carboxylic acids is 1. The Morgan fingerprint density at radius 3 is 2.78 bits per heavy atom. The number of halogens is 1. The molecular weight excluding hydrogens is 322 g/mol. The molecule has 2 rings (SSSR count). The van der Waals surface area contributed by atoms with Crippen molar-refractivity contribution in [2.24, 2.45) is 0 Å². The summed E-state index contributed by atoms with van der Waals surface area (Å²) in [5, 5.41) is 13.4. The van der Waals surface area contributed by atoms with Gasteiger partial charge in [0.05, 0.1) is 6.54 Å². The van der Waals surface area contributed by atoms with E-state index in [-0.39, 0.29) is 5.91 Å². The highest BCUT2D eigenvalue weighted by Crippen LogP contribution is 2.23. The van der Waals surface area contributed by atoms with Crippen molar-refractivity contribution in [1.29, 1.82) is 0 Å². The second kappa shape index (κ2) is 5.81. The van der Waals surface area contributed by atoms with Gasteiger partial charge in [-0.05, 0) is 40.2 Å². The molecule has 2 heterocycles. The fourth-order valence-electron chi connectivity index (χ4n) is 1.74. The quantitative estimate of drug-likeness (QED) is 0.880. The first-order valence-corrected chi connectivity index (χ1v) is 7.13. The van der Waals surface area contributed by atoms with Gasteiger partial charge in [0.1, 0.15) is 6.10 Å². The van der Waals surface area contributed by atoms with Crippen molar-refractivity contribution in [1.82, 2.24) is 5.32 Å². The number of thiophene rings is 1. The molecule has 0 aliphatic carbocycles. The van der Waals surface area contributed by atoms with Crippen molar-refractivity contribution >= 4 is 39.1 Å². The van der Waals surface area contributed by atoms with Gasteiger partial charge in [0.15, 0.2) is 6.10 Å². The van der Waals surface area contributed by atoms with Crippen LogP contribution in [0.3, 0.4) is 0 Å². The Morgan fingerprint density at radius 1 is 1.50 bits per heavy atom. The molecule has 1 aliphatic rings. The van der Waals surface area contributed by atoms with Gasteiger partial charge in [-0.25, -0.2) is 4.79 Å². The summed E-state index contributed by atoms with van der Waals surface area (Å²) in [7, 11) is 0. The SMILES string of the molecule is O=C(O)C1CCC(C(=O)NCc2sccc2Br)O1. The number of rotatable bonds is 4. The lowest BCUT2D eigenvalue weighted by atomic mass is 10.2. The summed E-state index contributed by atoms with van der Waals surface area (Å²) in [5.74, 6) is -1.26. The first-order valence-electron chi connectivity index (χ1n) is 5.46. The fourth-order valence-corrected chi connectivity index (χ4v) is 3.18. The minimum absolute atomic E-state index is 0.251. The Morgan fingerprint density at radius 2 is 2.22 bits per heavy atom. The summed E-state index contributed by atoms with van der Waals surface area (Å²) in [4.78, 5) is 23.5. The third-order valence-corrected chi connectivity index (χ3v) is 4.63. The van der Waals surface area contributed by atoms with Gasteiger partial charge in [0.2, 0.25) is 5.91 Å². The Kier molecular flexibility index (Phi) is 4.36. The molecule has 0 aromatic carbocycles. The summed E-state index contributed by atoms with van der Waals surface area (Å²) in [5.41, 5.74) is 0. The zero-order valence-corrected chi connectivity index (χ0v) is 11.8. The molecule has 1 aromatic heterocycles. The minimum Gasteiger partial charge on any atom is -0.479 e. The Balaban J connectivity index is 1.83. The van der Waals surface area contributed by atoms with Gasteiger partial charge in [-0.3, -0.25) is 4.79 Å². The lowest BCUT2D eigenvalue weighted by molar-refractivity contribution is -0.151. The summed E-state index contributed by atoms with van der Waals surface area (Å²) in [6.07, 6.45) is -0.663. The third-order valence-electron chi connectivity index (χ3n) is 2.70. The van der Waals surface area contributed by atoms with Gasteiger partial charge in [0.25, 0.3) is 0 Å². The van der Waals surface area contributed by atoms with E-state index in [2.05, 4.69) is 21.2 Å². The van der Waals surface area contributed by atoms with Crippen LogP contribution in [0.2, 0.25) is 0 Å². The van der Waals surface area contributed by atoms with Crippen LogP contribution < -0.4 is 5.32 Å². The van der Waals surface area contributed by atoms with Crippen molar-refractivity contribution in [3.05, 3.63) is 20.8 Å². The predicted molar refractivity (Wildman–Crippen MR) is 69.4 cm³/mol. The number of aliphatic carboxylic acids is 1. The highest BCUT2D eigenvalue weighted by molar-refractivity contribution is 9.10. The van der Waals surface area contributed by atoms with Crippen LogP contribution in [-0.2, 0) is 20.9 Å². The number of amides is 1. The van der Waals surface area contributed by atoms with E-state index in [1.165, 1.54) is 0 Å². The predicted octanol–water partition coefficient (Wildman–Crippen LogP) is 1.76. The van der Waals surface area contributed by atoms with E-state index in [1.807, 2.05) is 11.4 Å². The molecule has 5 nitrogen and oxygen atoms in total. The van der Waals surface area contributed by atoms with Crippen molar-refractivity contribution < 1.29 is 19.4 Å². The molecule has 7 heteroatoms. The molecule has 1 amide bonds. The molecule has 18 heavy (non-hydrogen) atoms. The molecule has 1 saturated heterocycles. The standard InChI is InChI=1S/C11H12BrNO4S/c12-6-3-4-18-9(6)5-13-10(14)7-1-2-8(17-7)11(15)16/h3-4,7-8H,1-2,5H2,(H,13,14)(H,15,16). The first-order chi connectivity index (χ1) is 8.58. The van der Waals surface area contributed by atoms with Crippen LogP contribution in [0.15, 0.2) is 15.9 Å². The Bertz CT molecular complexity index is 462. The zero-order chi connectivity index (χ0) is 13.1. The van der Waals surface area contributed by atoms with E-state index in [4.69, 9.17) is 9.84 Å². The number of carboxylic acid groups (broad SMARTS) is 1. The van der Waals surface area contributed by atoms with Crippen molar-refractivity contribution in [3.63, 3.8) is 0 Å². The average Bonchev–Trinajstić information content (AvgIpc) is 2.94. The molecule has 2 unspecified atom stereocenters. The van der Waals surface area contributed by atoms with Gasteiger partial charge in [0, 0.05) is 9.35 Å². The van der Waals surface area contributed by atoms with E-state index in [1.54, 1.807) is 11.3 Å². The number of hydrogen-bond acceptors (Lipinski definition) is 4. The second-order valence-electron chi connectivity index (χ2n) is 3.94. The monoisotopic (exact) mass is 333 g/mol. The maximum Gasteiger partial charge on any atom is 0.332 e. The van der Waals surface area contributed by atoms with E-state index in [0.29, 0.717) is 19.4 Å². The largest absolute Gasteiger partial charge is 0.479 e. The highest BCUT2D eigenvalue weighted by Gasteiger charge is 2.34. The molecule has 0 spiro atoms. The molecule has 98 valence electrons. The fraction of sp³-hybridized carbons (Fsp3) is 0.455. The Labute approximate surface area is 116 Å². The smallest absolute Gasteiger partial charge is 0.332 e. The van der Waals surface area contributed by atoms with Gasteiger partial charge in [-0.15, -0.1) is 11.3 Å². The summed E-state index contributed by atoms with van der Waals surface area (Å²) in [6.45, 7) is 0.425. The molecule has 1 fully saturated rings. The molecule has 0 bridgehead atoms. The highest BCUT2D eigenvalue weighted by atomic mass is 79.9. The van der Waals surface area contributed by atoms with Crippen LogP contribution in [0.1, 0.15) is 17.7 Å². The number of nitrogens with one attached hydrogen (secondary N) is 1. The van der Waals surface area contributed by atoms with Gasteiger partial charge in [-0.2, -0.15) is 0 Å². The molecule has 1 aromatic rings. The van der Waals surface area contributed by atoms with Gasteiger partial charge in [-0.1, -0.05) is 0 Å². The second-order valence-corrected chi connectivity index (χ2v) is 5.79. The van der Waals surface area contributed by atoms with E-state index in [0.717, 1.165) is 9.35 Å². The van der Waals surface area contributed by atoms with E-state index in [9.17, 15) is 9.59 Å². The average molecular weight is 334 g/mol. The zero-order valence-electron chi connectivity index (χ0n) is 9.39. The number of hydrogen-bond donors (Lipinski definition) is 2. The van der Waals surface area contributed by atoms with Crippen LogP contribution in [0.5, 0.6) is 0 Å². The number of carboxylic acids is 1. The third kappa shape index (κ3) is 3.09. The van der Waals surface area contributed by atoms with Crippen molar-refractivity contribution in [3.8, 4) is 0 Å². The molecular formula is C11H12BrNO4S. The topological polar surface area (TPSA) is 75.6 Å². The number of ether oxygens (including phenoxy) is 1. The summed E-state index contributed by atoms with van der Waals surface area (Å²) < 4.78 is 6.13. The maximum absolute atomic E-state index is 11.8.